The van der Waals surface area contributed by atoms with E-state index < -0.39 is 10.0 Å². The molecule has 0 radical (unpaired) electrons. The Morgan fingerprint density at radius 2 is 2.16 bits per heavy atom. The first-order valence-electron chi connectivity index (χ1n) is 6.34. The van der Waals surface area contributed by atoms with E-state index in [1.807, 2.05) is 19.9 Å². The van der Waals surface area contributed by atoms with Gasteiger partial charge >= 0.3 is 0 Å². The van der Waals surface area contributed by atoms with E-state index in [-0.39, 0.29) is 10.9 Å². The zero-order valence-corrected chi connectivity index (χ0v) is 12.3. The van der Waals surface area contributed by atoms with Gasteiger partial charge < -0.3 is 10.1 Å². The third kappa shape index (κ3) is 2.75. The third-order valence-electron chi connectivity index (χ3n) is 3.35. The fraction of sp³-hybridized carbons (Fsp3) is 0.538. The van der Waals surface area contributed by atoms with Crippen molar-refractivity contribution >= 4 is 10.0 Å². The molecule has 0 bridgehead atoms. The van der Waals surface area contributed by atoms with Crippen LogP contribution in [0, 0.1) is 6.92 Å². The third-order valence-corrected chi connectivity index (χ3v) is 5.38. The maximum atomic E-state index is 12.7. The number of hydrogen-bond acceptors (Lipinski definition) is 4. The lowest BCUT2D eigenvalue weighted by Gasteiger charge is -2.33. The second kappa shape index (κ2) is 5.48. The fourth-order valence-electron chi connectivity index (χ4n) is 2.29. The molecule has 0 amide bonds. The van der Waals surface area contributed by atoms with Crippen molar-refractivity contribution in [2.45, 2.75) is 24.8 Å². The van der Waals surface area contributed by atoms with Crippen molar-refractivity contribution in [2.75, 3.05) is 26.7 Å². The van der Waals surface area contributed by atoms with Crippen molar-refractivity contribution in [2.24, 2.45) is 0 Å². The van der Waals surface area contributed by atoms with Gasteiger partial charge in [-0.3, -0.25) is 0 Å². The number of nitrogens with one attached hydrogen (secondary N) is 1. The lowest BCUT2D eigenvalue weighted by atomic mass is 10.2. The minimum atomic E-state index is -3.51. The van der Waals surface area contributed by atoms with Crippen molar-refractivity contribution < 1.29 is 13.2 Å². The summed E-state index contributed by atoms with van der Waals surface area (Å²) in [5.41, 5.74) is 0.905. The Morgan fingerprint density at radius 1 is 1.42 bits per heavy atom. The van der Waals surface area contributed by atoms with E-state index in [4.69, 9.17) is 4.74 Å². The molecule has 0 aliphatic carbocycles. The van der Waals surface area contributed by atoms with Gasteiger partial charge in [0, 0.05) is 25.7 Å². The SMILES string of the molecule is COc1ccc(C)cc1S(=O)(=O)N1CCNC[C@H]1C. The molecule has 0 saturated carbocycles. The molecule has 1 aromatic carbocycles. The van der Waals surface area contributed by atoms with Crippen LogP contribution in [-0.2, 0) is 10.0 Å². The van der Waals surface area contributed by atoms with Crippen LogP contribution in [0.2, 0.25) is 0 Å². The van der Waals surface area contributed by atoms with Gasteiger partial charge in [0.2, 0.25) is 10.0 Å². The Bertz CT molecular complexity index is 557. The van der Waals surface area contributed by atoms with Crippen LogP contribution in [0.3, 0.4) is 0 Å². The summed E-state index contributed by atoms with van der Waals surface area (Å²) in [6.07, 6.45) is 0. The average Bonchev–Trinajstić information content (AvgIpc) is 2.39. The summed E-state index contributed by atoms with van der Waals surface area (Å²) in [5.74, 6) is 0.399. The van der Waals surface area contributed by atoms with Gasteiger partial charge in [-0.2, -0.15) is 4.31 Å². The predicted octanol–water partition coefficient (Wildman–Crippen LogP) is 0.986. The van der Waals surface area contributed by atoms with E-state index in [0.29, 0.717) is 25.4 Å². The molecule has 0 aromatic heterocycles. The van der Waals surface area contributed by atoms with Crippen molar-refractivity contribution in [3.63, 3.8) is 0 Å². The molecule has 1 atom stereocenters. The Morgan fingerprint density at radius 3 is 2.79 bits per heavy atom. The van der Waals surface area contributed by atoms with Crippen molar-refractivity contribution in [1.82, 2.24) is 9.62 Å². The van der Waals surface area contributed by atoms with Gasteiger partial charge in [0.1, 0.15) is 10.6 Å². The van der Waals surface area contributed by atoms with E-state index in [1.165, 1.54) is 7.11 Å². The first-order chi connectivity index (χ1) is 8.96. The summed E-state index contributed by atoms with van der Waals surface area (Å²) in [7, 11) is -2.02. The van der Waals surface area contributed by atoms with Crippen LogP contribution in [0.1, 0.15) is 12.5 Å². The highest BCUT2D eigenvalue weighted by atomic mass is 32.2. The number of sulfonamides is 1. The van der Waals surface area contributed by atoms with Gasteiger partial charge in [-0.05, 0) is 31.5 Å². The molecular formula is C13H20N2O3S. The molecule has 1 heterocycles. The van der Waals surface area contributed by atoms with Gasteiger partial charge in [0.25, 0.3) is 0 Å². The monoisotopic (exact) mass is 284 g/mol. The second-order valence-corrected chi connectivity index (χ2v) is 6.68. The molecule has 0 unspecified atom stereocenters. The van der Waals surface area contributed by atoms with Crippen LogP contribution in [0.15, 0.2) is 23.1 Å². The summed E-state index contributed by atoms with van der Waals surface area (Å²) in [6.45, 7) is 5.62. The van der Waals surface area contributed by atoms with E-state index in [2.05, 4.69) is 5.32 Å². The standard InChI is InChI=1S/C13H20N2O3S/c1-10-4-5-12(18-3)13(8-10)19(16,17)15-7-6-14-9-11(15)2/h4-5,8,11,14H,6-7,9H2,1-3H3/t11-/m1/s1. The Kier molecular flexibility index (Phi) is 4.13. The number of ether oxygens (including phenoxy) is 1. The molecule has 19 heavy (non-hydrogen) atoms. The number of benzene rings is 1. The zero-order valence-electron chi connectivity index (χ0n) is 11.5. The number of nitrogens with zero attached hydrogens (tertiary/aromatic N) is 1. The largest absolute Gasteiger partial charge is 0.495 e. The van der Waals surface area contributed by atoms with E-state index >= 15 is 0 Å². The molecule has 1 aliphatic heterocycles. The number of methoxy groups -OCH3 is 1. The first-order valence-corrected chi connectivity index (χ1v) is 7.78. The molecule has 6 heteroatoms. The van der Waals surface area contributed by atoms with Crippen molar-refractivity contribution in [3.05, 3.63) is 23.8 Å². The molecule has 1 aliphatic rings. The van der Waals surface area contributed by atoms with Crippen LogP contribution in [-0.4, -0.2) is 45.5 Å². The van der Waals surface area contributed by atoms with Crippen LogP contribution < -0.4 is 10.1 Å². The lowest BCUT2D eigenvalue weighted by Crippen LogP contribution is -2.52. The first kappa shape index (κ1) is 14.3. The second-order valence-electron chi connectivity index (χ2n) is 4.82. The van der Waals surface area contributed by atoms with E-state index in [1.54, 1.807) is 16.4 Å². The van der Waals surface area contributed by atoms with Crippen LogP contribution in [0.4, 0.5) is 0 Å². The topological polar surface area (TPSA) is 58.6 Å². The molecule has 106 valence electrons. The van der Waals surface area contributed by atoms with Crippen LogP contribution in [0.5, 0.6) is 5.75 Å². The number of rotatable bonds is 3. The van der Waals surface area contributed by atoms with E-state index in [9.17, 15) is 8.42 Å². The lowest BCUT2D eigenvalue weighted by molar-refractivity contribution is 0.282. The van der Waals surface area contributed by atoms with Crippen LogP contribution in [0.25, 0.3) is 0 Å². The van der Waals surface area contributed by atoms with Gasteiger partial charge in [0.15, 0.2) is 0 Å². The number of aryl methyl sites for hydroxylation is 1. The fourth-order valence-corrected chi connectivity index (χ4v) is 4.16. The Hall–Kier alpha value is -1.11. The Balaban J connectivity index is 2.46. The summed E-state index contributed by atoms with van der Waals surface area (Å²) >= 11 is 0. The highest BCUT2D eigenvalue weighted by Gasteiger charge is 2.32. The van der Waals surface area contributed by atoms with Gasteiger partial charge in [-0.1, -0.05) is 6.07 Å². The van der Waals surface area contributed by atoms with Gasteiger partial charge in [-0.25, -0.2) is 8.42 Å². The highest BCUT2D eigenvalue weighted by molar-refractivity contribution is 7.89. The molecule has 1 saturated heterocycles. The molecule has 5 nitrogen and oxygen atoms in total. The molecule has 2 rings (SSSR count). The Labute approximate surface area is 114 Å². The van der Waals surface area contributed by atoms with E-state index in [0.717, 1.165) is 5.56 Å². The summed E-state index contributed by atoms with van der Waals surface area (Å²) in [6, 6.07) is 5.17. The maximum Gasteiger partial charge on any atom is 0.247 e. The zero-order chi connectivity index (χ0) is 14.0. The highest BCUT2D eigenvalue weighted by Crippen LogP contribution is 2.29. The predicted molar refractivity (Wildman–Crippen MR) is 74.0 cm³/mol. The maximum absolute atomic E-state index is 12.7. The molecular weight excluding hydrogens is 264 g/mol. The summed E-state index contributed by atoms with van der Waals surface area (Å²) in [5, 5.41) is 3.19. The van der Waals surface area contributed by atoms with Crippen LogP contribution >= 0.6 is 0 Å². The average molecular weight is 284 g/mol. The smallest absolute Gasteiger partial charge is 0.247 e. The molecule has 1 N–H and O–H groups in total. The summed E-state index contributed by atoms with van der Waals surface area (Å²) in [4.78, 5) is 0.253. The van der Waals surface area contributed by atoms with Gasteiger partial charge in [-0.15, -0.1) is 0 Å². The molecule has 0 spiro atoms. The quantitative estimate of drug-likeness (QED) is 0.899. The summed E-state index contributed by atoms with van der Waals surface area (Å²) < 4.78 is 32.2. The van der Waals surface area contributed by atoms with Crippen molar-refractivity contribution in [3.8, 4) is 5.75 Å². The van der Waals surface area contributed by atoms with Crippen molar-refractivity contribution in [1.29, 1.82) is 0 Å². The van der Waals surface area contributed by atoms with Gasteiger partial charge in [0.05, 0.1) is 7.11 Å². The normalized spacial score (nSPS) is 21.3. The minimum absolute atomic E-state index is 0.0519. The number of piperazine rings is 1. The number of hydrogen-bond donors (Lipinski definition) is 1. The molecule has 1 fully saturated rings. The minimum Gasteiger partial charge on any atom is -0.495 e. The molecule has 1 aromatic rings.